The molecule has 21 heavy (non-hydrogen) atoms. The summed E-state index contributed by atoms with van der Waals surface area (Å²) in [6, 6.07) is 0. The molecule has 1 aromatic rings. The molecule has 0 aliphatic rings. The molecule has 1 rings (SSSR count). The Bertz CT molecular complexity index is 300. The summed E-state index contributed by atoms with van der Waals surface area (Å²) < 4.78 is 0. The molecule has 0 bridgehead atoms. The second kappa shape index (κ2) is 12.9. The van der Waals surface area contributed by atoms with Crippen LogP contribution >= 0.6 is 0 Å². The van der Waals surface area contributed by atoms with E-state index in [2.05, 4.69) is 23.8 Å². The van der Waals surface area contributed by atoms with E-state index in [1.807, 2.05) is 6.33 Å². The lowest BCUT2D eigenvalue weighted by Crippen LogP contribution is -1.95. The molecular weight excluding hydrogens is 256 g/mol. The van der Waals surface area contributed by atoms with Crippen LogP contribution in [0.1, 0.15) is 102 Å². The maximum atomic E-state index is 4.52. The topological polar surface area (TPSA) is 28.7 Å². The second-order valence-corrected chi connectivity index (χ2v) is 6.36. The number of aryl methyl sites for hydroxylation is 2. The molecule has 1 aromatic heterocycles. The number of H-pyrrole nitrogens is 1. The Balaban J connectivity index is 2.09. The van der Waals surface area contributed by atoms with Crippen molar-refractivity contribution < 1.29 is 0 Å². The quantitative estimate of drug-likeness (QED) is 0.405. The van der Waals surface area contributed by atoms with Crippen molar-refractivity contribution >= 4 is 0 Å². The highest BCUT2D eigenvalue weighted by atomic mass is 14.9. The van der Waals surface area contributed by atoms with Crippen LogP contribution in [0.4, 0.5) is 0 Å². The Kier molecular flexibility index (Phi) is 11.2. The second-order valence-electron chi connectivity index (χ2n) is 6.36. The van der Waals surface area contributed by atoms with Gasteiger partial charge in [-0.2, -0.15) is 0 Å². The summed E-state index contributed by atoms with van der Waals surface area (Å²) in [5, 5.41) is 0. The Labute approximate surface area is 132 Å². The lowest BCUT2D eigenvalue weighted by Gasteiger charge is -2.04. The number of unbranched alkanes of at least 4 members (excludes halogenated alkanes) is 10. The number of aromatic nitrogens is 2. The highest BCUT2D eigenvalue weighted by Crippen LogP contribution is 2.14. The molecule has 0 atom stereocenters. The van der Waals surface area contributed by atoms with Crippen LogP contribution in [-0.2, 0) is 12.8 Å². The first-order chi connectivity index (χ1) is 10.4. The fraction of sp³-hybridized carbons (Fsp3) is 0.842. The third-order valence-electron chi connectivity index (χ3n) is 4.35. The van der Waals surface area contributed by atoms with Crippen molar-refractivity contribution in [2.45, 2.75) is 104 Å². The monoisotopic (exact) mass is 292 g/mol. The molecular formula is C19H36N2. The minimum atomic E-state index is 1.17. The smallest absolute Gasteiger partial charge is 0.0925 e. The first kappa shape index (κ1) is 18.3. The summed E-state index contributed by atoms with van der Waals surface area (Å²) in [5.74, 6) is 0. The van der Waals surface area contributed by atoms with Gasteiger partial charge in [0.2, 0.25) is 0 Å². The molecule has 1 heterocycles. The number of rotatable bonds is 14. The van der Waals surface area contributed by atoms with E-state index in [-0.39, 0.29) is 0 Å². The van der Waals surface area contributed by atoms with Gasteiger partial charge in [-0.1, -0.05) is 78.1 Å². The van der Waals surface area contributed by atoms with Crippen molar-refractivity contribution in [3.63, 3.8) is 0 Å². The predicted octanol–water partition coefficient (Wildman–Crippen LogP) is 6.22. The van der Waals surface area contributed by atoms with Crippen molar-refractivity contribution in [3.8, 4) is 0 Å². The van der Waals surface area contributed by atoms with Crippen LogP contribution < -0.4 is 0 Å². The highest BCUT2D eigenvalue weighted by Gasteiger charge is 2.05. The van der Waals surface area contributed by atoms with Crippen LogP contribution in [0.3, 0.4) is 0 Å². The van der Waals surface area contributed by atoms with Crippen molar-refractivity contribution in [1.82, 2.24) is 9.97 Å². The van der Waals surface area contributed by atoms with Gasteiger partial charge >= 0.3 is 0 Å². The van der Waals surface area contributed by atoms with Gasteiger partial charge in [-0.05, 0) is 25.7 Å². The Morgan fingerprint density at radius 3 is 1.86 bits per heavy atom. The lowest BCUT2D eigenvalue weighted by atomic mass is 10.0. The molecule has 0 unspecified atom stereocenters. The minimum absolute atomic E-state index is 1.17. The molecule has 0 amide bonds. The largest absolute Gasteiger partial charge is 0.348 e. The zero-order valence-electron chi connectivity index (χ0n) is 14.4. The van der Waals surface area contributed by atoms with E-state index in [1.165, 1.54) is 101 Å². The zero-order chi connectivity index (χ0) is 15.2. The molecule has 0 aromatic carbocycles. The van der Waals surface area contributed by atoms with Gasteiger partial charge in [-0.25, -0.2) is 4.98 Å². The van der Waals surface area contributed by atoms with E-state index < -0.39 is 0 Å². The molecule has 0 aliphatic carbocycles. The number of aromatic amines is 1. The standard InChI is InChI=1S/C19H36N2/c1-3-5-7-9-11-13-15-18-19(21-17-20-18)16-14-12-10-8-6-4-2/h17H,3-16H2,1-2H3,(H,20,21). The molecule has 2 heteroatoms. The number of nitrogens with zero attached hydrogens (tertiary/aromatic N) is 1. The van der Waals surface area contributed by atoms with Gasteiger partial charge in [0.1, 0.15) is 0 Å². The van der Waals surface area contributed by atoms with Crippen molar-refractivity contribution in [2.24, 2.45) is 0 Å². The van der Waals surface area contributed by atoms with E-state index >= 15 is 0 Å². The number of hydrogen-bond donors (Lipinski definition) is 1. The van der Waals surface area contributed by atoms with Crippen LogP contribution in [0.25, 0.3) is 0 Å². The molecule has 0 aliphatic heterocycles. The van der Waals surface area contributed by atoms with Crippen molar-refractivity contribution in [3.05, 3.63) is 17.7 Å². The zero-order valence-corrected chi connectivity index (χ0v) is 14.4. The van der Waals surface area contributed by atoms with Crippen molar-refractivity contribution in [1.29, 1.82) is 0 Å². The summed E-state index contributed by atoms with van der Waals surface area (Å²) in [6.07, 6.45) is 20.7. The molecule has 0 saturated carbocycles. The summed E-state index contributed by atoms with van der Waals surface area (Å²) in [5.41, 5.74) is 2.73. The minimum Gasteiger partial charge on any atom is -0.348 e. The van der Waals surface area contributed by atoms with Gasteiger partial charge in [0, 0.05) is 5.69 Å². The maximum absolute atomic E-state index is 4.52. The summed E-state index contributed by atoms with van der Waals surface area (Å²) >= 11 is 0. The number of nitrogens with one attached hydrogen (secondary N) is 1. The van der Waals surface area contributed by atoms with E-state index in [1.54, 1.807) is 0 Å². The highest BCUT2D eigenvalue weighted by molar-refractivity contribution is 5.11. The van der Waals surface area contributed by atoms with Crippen LogP contribution in [0.15, 0.2) is 6.33 Å². The van der Waals surface area contributed by atoms with Crippen LogP contribution in [-0.4, -0.2) is 9.97 Å². The average molecular weight is 293 g/mol. The Morgan fingerprint density at radius 2 is 1.24 bits per heavy atom. The summed E-state index contributed by atoms with van der Waals surface area (Å²) in [4.78, 5) is 7.88. The van der Waals surface area contributed by atoms with Crippen LogP contribution in [0.5, 0.6) is 0 Å². The first-order valence-corrected chi connectivity index (χ1v) is 9.39. The number of imidazole rings is 1. The summed E-state index contributed by atoms with van der Waals surface area (Å²) in [7, 11) is 0. The van der Waals surface area contributed by atoms with E-state index in [0.717, 1.165) is 0 Å². The average Bonchev–Trinajstić information content (AvgIpc) is 2.94. The van der Waals surface area contributed by atoms with E-state index in [4.69, 9.17) is 0 Å². The predicted molar refractivity (Wildman–Crippen MR) is 92.7 cm³/mol. The third kappa shape index (κ3) is 8.95. The number of hydrogen-bond acceptors (Lipinski definition) is 1. The van der Waals surface area contributed by atoms with Gasteiger partial charge in [0.25, 0.3) is 0 Å². The van der Waals surface area contributed by atoms with Crippen LogP contribution in [0, 0.1) is 0 Å². The molecule has 2 nitrogen and oxygen atoms in total. The van der Waals surface area contributed by atoms with E-state index in [9.17, 15) is 0 Å². The molecule has 0 fully saturated rings. The lowest BCUT2D eigenvalue weighted by molar-refractivity contribution is 0.595. The first-order valence-electron chi connectivity index (χ1n) is 9.39. The Morgan fingerprint density at radius 1 is 0.714 bits per heavy atom. The third-order valence-corrected chi connectivity index (χ3v) is 4.35. The van der Waals surface area contributed by atoms with Gasteiger partial charge < -0.3 is 4.98 Å². The molecule has 122 valence electrons. The summed E-state index contributed by atoms with van der Waals surface area (Å²) in [6.45, 7) is 4.55. The van der Waals surface area contributed by atoms with Gasteiger partial charge in [-0.15, -0.1) is 0 Å². The van der Waals surface area contributed by atoms with Crippen molar-refractivity contribution in [2.75, 3.05) is 0 Å². The molecule has 0 spiro atoms. The molecule has 1 N–H and O–H groups in total. The Hall–Kier alpha value is -0.790. The van der Waals surface area contributed by atoms with Gasteiger partial charge in [-0.3, -0.25) is 0 Å². The molecule has 0 saturated heterocycles. The fourth-order valence-electron chi connectivity index (χ4n) is 2.94. The van der Waals surface area contributed by atoms with Crippen LogP contribution in [0.2, 0.25) is 0 Å². The van der Waals surface area contributed by atoms with Gasteiger partial charge in [0.15, 0.2) is 0 Å². The van der Waals surface area contributed by atoms with Gasteiger partial charge in [0.05, 0.1) is 12.0 Å². The SMILES string of the molecule is CCCCCCCCc1nc[nH]c1CCCCCCCC. The van der Waals surface area contributed by atoms with E-state index in [0.29, 0.717) is 0 Å². The molecule has 0 radical (unpaired) electrons. The maximum Gasteiger partial charge on any atom is 0.0925 e. The normalized spacial score (nSPS) is 11.1. The fourth-order valence-corrected chi connectivity index (χ4v) is 2.94.